The molecule has 2 heterocycles. The van der Waals surface area contributed by atoms with Gasteiger partial charge in [-0.2, -0.15) is 0 Å². The SMILES string of the molecule is Cc1nc(NCc2ccccc2)c2nc(C)n(C)c2n1. The van der Waals surface area contributed by atoms with Gasteiger partial charge in [-0.1, -0.05) is 30.3 Å². The van der Waals surface area contributed by atoms with Gasteiger partial charge in [0, 0.05) is 13.6 Å². The number of aromatic nitrogens is 4. The molecule has 0 unspecified atom stereocenters. The lowest BCUT2D eigenvalue weighted by atomic mass is 10.2. The maximum atomic E-state index is 4.54. The summed E-state index contributed by atoms with van der Waals surface area (Å²) in [7, 11) is 1.97. The van der Waals surface area contributed by atoms with Gasteiger partial charge in [-0.3, -0.25) is 0 Å². The van der Waals surface area contributed by atoms with Crippen LogP contribution in [0.25, 0.3) is 11.2 Å². The summed E-state index contributed by atoms with van der Waals surface area (Å²) in [4.78, 5) is 13.5. The van der Waals surface area contributed by atoms with E-state index in [1.807, 2.05) is 43.7 Å². The van der Waals surface area contributed by atoms with E-state index >= 15 is 0 Å². The number of nitrogens with zero attached hydrogens (tertiary/aromatic N) is 4. The molecule has 5 nitrogen and oxygen atoms in total. The Morgan fingerprint density at radius 1 is 1.05 bits per heavy atom. The van der Waals surface area contributed by atoms with E-state index in [0.29, 0.717) is 0 Å². The van der Waals surface area contributed by atoms with Crippen LogP contribution in [0.2, 0.25) is 0 Å². The summed E-state index contributed by atoms with van der Waals surface area (Å²) >= 11 is 0. The molecular formula is C15H17N5. The molecule has 102 valence electrons. The number of anilines is 1. The number of hydrogen-bond acceptors (Lipinski definition) is 4. The summed E-state index contributed by atoms with van der Waals surface area (Å²) in [6.07, 6.45) is 0. The van der Waals surface area contributed by atoms with Gasteiger partial charge in [0.25, 0.3) is 0 Å². The van der Waals surface area contributed by atoms with Gasteiger partial charge in [0.15, 0.2) is 17.0 Å². The molecule has 0 radical (unpaired) electrons. The number of hydrogen-bond donors (Lipinski definition) is 1. The van der Waals surface area contributed by atoms with Crippen LogP contribution in [0.5, 0.6) is 0 Å². The molecule has 0 amide bonds. The summed E-state index contributed by atoms with van der Waals surface area (Å²) in [5.41, 5.74) is 2.90. The van der Waals surface area contributed by atoms with Crippen LogP contribution in [0.4, 0.5) is 5.82 Å². The van der Waals surface area contributed by atoms with Gasteiger partial charge in [-0.05, 0) is 19.4 Å². The van der Waals surface area contributed by atoms with Gasteiger partial charge in [0.1, 0.15) is 11.6 Å². The first-order valence-electron chi connectivity index (χ1n) is 6.60. The Kier molecular flexibility index (Phi) is 3.10. The Morgan fingerprint density at radius 2 is 1.80 bits per heavy atom. The molecule has 0 aliphatic carbocycles. The third-order valence-corrected chi connectivity index (χ3v) is 3.36. The highest BCUT2D eigenvalue weighted by atomic mass is 15.2. The number of imidazole rings is 1. The lowest BCUT2D eigenvalue weighted by Gasteiger charge is -2.07. The standard InChI is InChI=1S/C15H17N5/c1-10-17-14(16-9-12-7-5-4-6-8-12)13-15(18-10)20(3)11(2)19-13/h4-8H,9H2,1-3H3,(H,16,17,18). The molecule has 0 bridgehead atoms. The van der Waals surface area contributed by atoms with Crippen LogP contribution in [0.3, 0.4) is 0 Å². The van der Waals surface area contributed by atoms with Crippen LogP contribution in [-0.2, 0) is 13.6 Å². The second-order valence-electron chi connectivity index (χ2n) is 4.85. The largest absolute Gasteiger partial charge is 0.364 e. The fraction of sp³-hybridized carbons (Fsp3) is 0.267. The van der Waals surface area contributed by atoms with Crippen molar-refractivity contribution in [2.45, 2.75) is 20.4 Å². The normalized spacial score (nSPS) is 10.9. The maximum absolute atomic E-state index is 4.54. The Morgan fingerprint density at radius 3 is 2.55 bits per heavy atom. The molecule has 1 aromatic carbocycles. The minimum absolute atomic E-state index is 0.724. The molecule has 0 fully saturated rings. The zero-order valence-corrected chi connectivity index (χ0v) is 11.9. The number of fused-ring (bicyclic) bond motifs is 1. The predicted molar refractivity (Wildman–Crippen MR) is 79.5 cm³/mol. The fourth-order valence-corrected chi connectivity index (χ4v) is 2.18. The first kappa shape index (κ1) is 12.6. The molecule has 20 heavy (non-hydrogen) atoms. The van der Waals surface area contributed by atoms with Crippen molar-refractivity contribution >= 4 is 17.0 Å². The quantitative estimate of drug-likeness (QED) is 0.792. The van der Waals surface area contributed by atoms with Crippen LogP contribution in [0.1, 0.15) is 17.2 Å². The Hall–Kier alpha value is -2.43. The third-order valence-electron chi connectivity index (χ3n) is 3.36. The second-order valence-corrected chi connectivity index (χ2v) is 4.85. The highest BCUT2D eigenvalue weighted by Crippen LogP contribution is 2.20. The summed E-state index contributed by atoms with van der Waals surface area (Å²) in [5.74, 6) is 2.47. The van der Waals surface area contributed by atoms with E-state index in [1.54, 1.807) is 0 Å². The van der Waals surface area contributed by atoms with E-state index < -0.39 is 0 Å². The van der Waals surface area contributed by atoms with Crippen molar-refractivity contribution in [2.75, 3.05) is 5.32 Å². The van der Waals surface area contributed by atoms with Crippen LogP contribution in [0, 0.1) is 13.8 Å². The summed E-state index contributed by atoms with van der Waals surface area (Å²) < 4.78 is 1.98. The van der Waals surface area contributed by atoms with Crippen LogP contribution < -0.4 is 5.32 Å². The Labute approximate surface area is 117 Å². The Balaban J connectivity index is 1.97. The molecule has 0 spiro atoms. The van der Waals surface area contributed by atoms with Crippen LogP contribution >= 0.6 is 0 Å². The second kappa shape index (κ2) is 4.92. The minimum Gasteiger partial charge on any atom is -0.364 e. The fourth-order valence-electron chi connectivity index (χ4n) is 2.18. The van der Waals surface area contributed by atoms with Gasteiger partial charge in [-0.25, -0.2) is 15.0 Å². The topological polar surface area (TPSA) is 55.6 Å². The zero-order chi connectivity index (χ0) is 14.1. The first-order valence-corrected chi connectivity index (χ1v) is 6.60. The van der Waals surface area contributed by atoms with Crippen molar-refractivity contribution in [3.63, 3.8) is 0 Å². The van der Waals surface area contributed by atoms with Gasteiger partial charge in [0.05, 0.1) is 0 Å². The molecular weight excluding hydrogens is 250 g/mol. The molecule has 0 saturated carbocycles. The molecule has 0 aliphatic rings. The molecule has 2 aromatic heterocycles. The molecule has 3 aromatic rings. The maximum Gasteiger partial charge on any atom is 0.165 e. The van der Waals surface area contributed by atoms with E-state index in [1.165, 1.54) is 5.56 Å². The van der Waals surface area contributed by atoms with Gasteiger partial charge < -0.3 is 9.88 Å². The predicted octanol–water partition coefficient (Wildman–Crippen LogP) is 2.59. The smallest absolute Gasteiger partial charge is 0.165 e. The average molecular weight is 267 g/mol. The van der Waals surface area contributed by atoms with E-state index in [0.717, 1.165) is 35.2 Å². The lowest BCUT2D eigenvalue weighted by Crippen LogP contribution is -2.04. The van der Waals surface area contributed by atoms with Gasteiger partial charge >= 0.3 is 0 Å². The number of benzene rings is 1. The zero-order valence-electron chi connectivity index (χ0n) is 11.9. The Bertz CT molecular complexity index is 746. The van der Waals surface area contributed by atoms with Crippen molar-refractivity contribution in [3.05, 3.63) is 47.5 Å². The summed E-state index contributed by atoms with van der Waals surface area (Å²) in [6, 6.07) is 10.2. The van der Waals surface area contributed by atoms with Crippen molar-refractivity contribution in [3.8, 4) is 0 Å². The minimum atomic E-state index is 0.724. The number of aryl methyl sites for hydroxylation is 3. The number of nitrogens with one attached hydrogen (secondary N) is 1. The van der Waals surface area contributed by atoms with Crippen molar-refractivity contribution in [1.82, 2.24) is 19.5 Å². The first-order chi connectivity index (χ1) is 9.65. The summed E-state index contributed by atoms with van der Waals surface area (Å²) in [5, 5.41) is 3.36. The molecule has 0 aliphatic heterocycles. The monoisotopic (exact) mass is 267 g/mol. The molecule has 1 N–H and O–H groups in total. The lowest BCUT2D eigenvalue weighted by molar-refractivity contribution is 0.868. The molecule has 3 rings (SSSR count). The van der Waals surface area contributed by atoms with Gasteiger partial charge in [-0.15, -0.1) is 0 Å². The molecule has 5 heteroatoms. The van der Waals surface area contributed by atoms with Crippen molar-refractivity contribution < 1.29 is 0 Å². The van der Waals surface area contributed by atoms with Crippen molar-refractivity contribution in [2.24, 2.45) is 7.05 Å². The van der Waals surface area contributed by atoms with E-state index in [4.69, 9.17) is 0 Å². The molecule has 0 saturated heterocycles. The van der Waals surface area contributed by atoms with Gasteiger partial charge in [0.2, 0.25) is 0 Å². The van der Waals surface area contributed by atoms with E-state index in [9.17, 15) is 0 Å². The van der Waals surface area contributed by atoms with Crippen molar-refractivity contribution in [1.29, 1.82) is 0 Å². The van der Waals surface area contributed by atoms with Crippen LogP contribution in [0.15, 0.2) is 30.3 Å². The van der Waals surface area contributed by atoms with E-state index in [-0.39, 0.29) is 0 Å². The average Bonchev–Trinajstić information content (AvgIpc) is 2.74. The highest BCUT2D eigenvalue weighted by Gasteiger charge is 2.12. The summed E-state index contributed by atoms with van der Waals surface area (Å²) in [6.45, 7) is 4.59. The number of rotatable bonds is 3. The highest BCUT2D eigenvalue weighted by molar-refractivity contribution is 5.83. The third kappa shape index (κ3) is 2.22. The molecule has 0 atom stereocenters. The van der Waals surface area contributed by atoms with E-state index in [2.05, 4.69) is 32.4 Å². The van der Waals surface area contributed by atoms with Crippen LogP contribution in [-0.4, -0.2) is 19.5 Å².